The Hall–Kier alpha value is -3.10. The Morgan fingerprint density at radius 1 is 1.23 bits per heavy atom. The van der Waals surface area contributed by atoms with Crippen molar-refractivity contribution in [3.05, 3.63) is 80.2 Å². The minimum Gasteiger partial charge on any atom is -0.487 e. The number of hydrogen-bond acceptors (Lipinski definition) is 6. The molecule has 3 aromatic heterocycles. The van der Waals surface area contributed by atoms with Gasteiger partial charge in [0.1, 0.15) is 23.9 Å². The molecule has 0 aromatic carbocycles. The molecule has 3 aromatic rings. The van der Waals surface area contributed by atoms with E-state index in [0.29, 0.717) is 28.4 Å². The lowest BCUT2D eigenvalue weighted by molar-refractivity contribution is 0.300. The van der Waals surface area contributed by atoms with Crippen molar-refractivity contribution in [2.45, 2.75) is 19.6 Å². The molecule has 9 heteroatoms. The van der Waals surface area contributed by atoms with E-state index in [1.165, 1.54) is 23.0 Å². The summed E-state index contributed by atoms with van der Waals surface area (Å²) >= 11 is 5.82. The van der Waals surface area contributed by atoms with Crippen LogP contribution >= 0.6 is 11.6 Å². The molecular weight excluding hydrogens is 418 g/mol. The highest BCUT2D eigenvalue weighted by molar-refractivity contribution is 6.30. The molecule has 1 saturated heterocycles. The van der Waals surface area contributed by atoms with Crippen LogP contribution in [-0.4, -0.2) is 40.7 Å². The Bertz CT molecular complexity index is 1170. The number of anilines is 1. The molecule has 1 fully saturated rings. The van der Waals surface area contributed by atoms with Crippen molar-refractivity contribution in [1.82, 2.24) is 19.9 Å². The zero-order valence-electron chi connectivity index (χ0n) is 17.3. The number of H-pyrrole nitrogens is 1. The monoisotopic (exact) mass is 441 g/mol. The summed E-state index contributed by atoms with van der Waals surface area (Å²) in [5.41, 5.74) is 0.276. The summed E-state index contributed by atoms with van der Waals surface area (Å²) in [6.45, 7) is 4.06. The van der Waals surface area contributed by atoms with Gasteiger partial charge in [0.15, 0.2) is 0 Å². The molecule has 2 unspecified atom stereocenters. The quantitative estimate of drug-likeness (QED) is 0.609. The second kappa shape index (κ2) is 8.95. The van der Waals surface area contributed by atoms with Gasteiger partial charge in [-0.05, 0) is 43.3 Å². The van der Waals surface area contributed by atoms with Gasteiger partial charge in [0.25, 0.3) is 11.1 Å². The van der Waals surface area contributed by atoms with Crippen molar-refractivity contribution < 1.29 is 4.74 Å². The van der Waals surface area contributed by atoms with E-state index >= 15 is 0 Å². The number of aromatic amines is 1. The summed E-state index contributed by atoms with van der Waals surface area (Å²) < 4.78 is 6.94. The highest BCUT2D eigenvalue weighted by atomic mass is 35.5. The Kier molecular flexibility index (Phi) is 6.11. The van der Waals surface area contributed by atoms with Crippen LogP contribution in [0.15, 0.2) is 58.4 Å². The Balaban J connectivity index is 1.50. The van der Waals surface area contributed by atoms with E-state index in [-0.39, 0.29) is 23.4 Å². The SMILES string of the molecule is CNC1CN(c2ccc(-n3ccc(OCc4ccc(Cl)cn4)cc3=O)c(=O)[nH]2)CC1C. The van der Waals surface area contributed by atoms with Crippen molar-refractivity contribution in [2.75, 3.05) is 25.0 Å². The zero-order valence-corrected chi connectivity index (χ0v) is 18.1. The second-order valence-electron chi connectivity index (χ2n) is 7.66. The lowest BCUT2D eigenvalue weighted by Crippen LogP contribution is -2.33. The van der Waals surface area contributed by atoms with E-state index in [9.17, 15) is 9.59 Å². The summed E-state index contributed by atoms with van der Waals surface area (Å²) in [7, 11) is 1.95. The average molecular weight is 442 g/mol. The summed E-state index contributed by atoms with van der Waals surface area (Å²) in [5, 5.41) is 3.85. The third-order valence-corrected chi connectivity index (χ3v) is 5.75. The van der Waals surface area contributed by atoms with Gasteiger partial charge in [0.2, 0.25) is 0 Å². The van der Waals surface area contributed by atoms with E-state index in [1.807, 2.05) is 13.1 Å². The van der Waals surface area contributed by atoms with Gasteiger partial charge in [0.05, 0.1) is 10.7 Å². The second-order valence-corrected chi connectivity index (χ2v) is 8.10. The first-order valence-corrected chi connectivity index (χ1v) is 10.4. The first-order chi connectivity index (χ1) is 14.9. The molecule has 0 amide bonds. The number of rotatable bonds is 6. The predicted molar refractivity (Wildman–Crippen MR) is 120 cm³/mol. The van der Waals surface area contributed by atoms with Crippen LogP contribution in [0.1, 0.15) is 12.6 Å². The molecule has 0 aliphatic carbocycles. The molecule has 1 aliphatic heterocycles. The Morgan fingerprint density at radius 3 is 2.71 bits per heavy atom. The summed E-state index contributed by atoms with van der Waals surface area (Å²) in [6, 6.07) is 10.4. The summed E-state index contributed by atoms with van der Waals surface area (Å²) in [6.07, 6.45) is 3.07. The molecule has 0 bridgehead atoms. The molecular formula is C22H24ClN5O3. The molecule has 0 radical (unpaired) electrons. The van der Waals surface area contributed by atoms with Gasteiger partial charge in [-0.1, -0.05) is 18.5 Å². The van der Waals surface area contributed by atoms with Crippen LogP contribution in [0.25, 0.3) is 5.69 Å². The van der Waals surface area contributed by atoms with Gasteiger partial charge in [-0.15, -0.1) is 0 Å². The van der Waals surface area contributed by atoms with E-state index in [0.717, 1.165) is 18.9 Å². The molecule has 2 atom stereocenters. The molecule has 162 valence electrons. The lowest BCUT2D eigenvalue weighted by atomic mass is 10.1. The fourth-order valence-electron chi connectivity index (χ4n) is 3.77. The molecule has 31 heavy (non-hydrogen) atoms. The average Bonchev–Trinajstić information content (AvgIpc) is 3.14. The minimum atomic E-state index is -0.357. The number of nitrogens with zero attached hydrogens (tertiary/aromatic N) is 3. The molecule has 0 spiro atoms. The fourth-order valence-corrected chi connectivity index (χ4v) is 3.88. The highest BCUT2D eigenvalue weighted by Gasteiger charge is 2.29. The van der Waals surface area contributed by atoms with Crippen LogP contribution in [0.3, 0.4) is 0 Å². The fraction of sp³-hybridized carbons (Fsp3) is 0.318. The Morgan fingerprint density at radius 2 is 2.06 bits per heavy atom. The van der Waals surface area contributed by atoms with Crippen LogP contribution in [0, 0.1) is 5.92 Å². The lowest BCUT2D eigenvalue weighted by Gasteiger charge is -2.18. The van der Waals surface area contributed by atoms with Gasteiger partial charge < -0.3 is 19.9 Å². The molecule has 0 saturated carbocycles. The maximum Gasteiger partial charge on any atom is 0.273 e. The first kappa shape index (κ1) is 21.1. The molecule has 2 N–H and O–H groups in total. The van der Waals surface area contributed by atoms with Crippen LogP contribution < -0.4 is 26.1 Å². The number of pyridine rings is 3. The van der Waals surface area contributed by atoms with E-state index in [1.54, 1.807) is 24.3 Å². The van der Waals surface area contributed by atoms with E-state index in [4.69, 9.17) is 16.3 Å². The number of hydrogen-bond donors (Lipinski definition) is 2. The van der Waals surface area contributed by atoms with Crippen LogP contribution in [0.2, 0.25) is 5.02 Å². The molecule has 4 heterocycles. The molecule has 4 rings (SSSR count). The number of likely N-dealkylation sites (N-methyl/N-ethyl adjacent to an activating group) is 1. The van der Waals surface area contributed by atoms with E-state index < -0.39 is 0 Å². The third-order valence-electron chi connectivity index (χ3n) is 5.52. The van der Waals surface area contributed by atoms with Gasteiger partial charge in [-0.2, -0.15) is 0 Å². The predicted octanol–water partition coefficient (Wildman–Crippen LogP) is 2.20. The van der Waals surface area contributed by atoms with Crippen LogP contribution in [-0.2, 0) is 6.61 Å². The van der Waals surface area contributed by atoms with Crippen molar-refractivity contribution in [3.8, 4) is 11.4 Å². The van der Waals surface area contributed by atoms with Gasteiger partial charge in [-0.25, -0.2) is 0 Å². The standard InChI is InChI=1S/C22H24ClN5O3/c1-14-11-27(12-18(14)24-2)20-6-5-19(22(30)26-20)28-8-7-17(9-21(28)29)31-13-16-4-3-15(23)10-25-16/h3-10,14,18,24H,11-13H2,1-2H3,(H,26,30). The smallest absolute Gasteiger partial charge is 0.273 e. The van der Waals surface area contributed by atoms with Crippen molar-refractivity contribution in [3.63, 3.8) is 0 Å². The highest BCUT2D eigenvalue weighted by Crippen LogP contribution is 2.21. The molecule has 8 nitrogen and oxygen atoms in total. The van der Waals surface area contributed by atoms with Crippen LogP contribution in [0.5, 0.6) is 5.75 Å². The maximum absolute atomic E-state index is 12.7. The number of aromatic nitrogens is 3. The normalized spacial score (nSPS) is 18.4. The largest absolute Gasteiger partial charge is 0.487 e. The maximum atomic E-state index is 12.7. The number of nitrogens with one attached hydrogen (secondary N) is 2. The summed E-state index contributed by atoms with van der Waals surface area (Å²) in [5.74, 6) is 1.63. The van der Waals surface area contributed by atoms with Crippen molar-refractivity contribution in [2.24, 2.45) is 5.92 Å². The van der Waals surface area contributed by atoms with Gasteiger partial charge in [-0.3, -0.25) is 19.1 Å². The van der Waals surface area contributed by atoms with Gasteiger partial charge in [0, 0.05) is 37.6 Å². The van der Waals surface area contributed by atoms with Crippen LogP contribution in [0.4, 0.5) is 5.82 Å². The number of halogens is 1. The Labute approximate surface area is 184 Å². The van der Waals surface area contributed by atoms with Gasteiger partial charge >= 0.3 is 0 Å². The summed E-state index contributed by atoms with van der Waals surface area (Å²) in [4.78, 5) is 34.5. The molecule has 1 aliphatic rings. The van der Waals surface area contributed by atoms with Crippen molar-refractivity contribution in [1.29, 1.82) is 0 Å². The third kappa shape index (κ3) is 4.65. The van der Waals surface area contributed by atoms with E-state index in [2.05, 4.69) is 27.1 Å². The first-order valence-electron chi connectivity index (χ1n) is 10.1. The zero-order chi connectivity index (χ0) is 22.0. The van der Waals surface area contributed by atoms with Crippen molar-refractivity contribution >= 4 is 17.4 Å². The minimum absolute atomic E-state index is 0.206. The number of ether oxygens (including phenoxy) is 1. The topological polar surface area (TPSA) is 92.2 Å².